The fourth-order valence-electron chi connectivity index (χ4n) is 2.46. The normalized spacial score (nSPS) is 16.2. The zero-order valence-corrected chi connectivity index (χ0v) is 13.5. The van der Waals surface area contributed by atoms with Crippen molar-refractivity contribution in [2.45, 2.75) is 6.18 Å². The van der Waals surface area contributed by atoms with Gasteiger partial charge < -0.3 is 20.2 Å². The minimum atomic E-state index is -4.54. The molecule has 1 aliphatic heterocycles. The number of carbonyl (C=O) groups is 2. The third kappa shape index (κ3) is 5.21. The van der Waals surface area contributed by atoms with E-state index in [1.165, 1.54) is 6.07 Å². The van der Waals surface area contributed by atoms with Crippen LogP contribution in [0.15, 0.2) is 30.4 Å². The number of carboxylic acid groups (broad SMARTS) is 1. The van der Waals surface area contributed by atoms with E-state index >= 15 is 0 Å². The van der Waals surface area contributed by atoms with Gasteiger partial charge in [0, 0.05) is 38.3 Å². The van der Waals surface area contributed by atoms with E-state index in [4.69, 9.17) is 5.11 Å². The van der Waals surface area contributed by atoms with Crippen molar-refractivity contribution in [1.82, 2.24) is 4.90 Å². The molecule has 136 valence electrons. The summed E-state index contributed by atoms with van der Waals surface area (Å²) in [6.45, 7) is 2.70. The van der Waals surface area contributed by atoms with E-state index in [1.807, 2.05) is 11.9 Å². The predicted molar refractivity (Wildman–Crippen MR) is 86.6 cm³/mol. The lowest BCUT2D eigenvalue weighted by Crippen LogP contribution is -2.44. The van der Waals surface area contributed by atoms with Crippen LogP contribution in [-0.2, 0) is 15.8 Å². The number of halogens is 3. The molecule has 0 spiro atoms. The van der Waals surface area contributed by atoms with Crippen LogP contribution in [0.1, 0.15) is 5.56 Å². The molecule has 0 unspecified atom stereocenters. The van der Waals surface area contributed by atoms with Gasteiger partial charge in [0.25, 0.3) is 0 Å². The van der Waals surface area contributed by atoms with Crippen LogP contribution in [0.25, 0.3) is 0 Å². The molecule has 0 atom stereocenters. The third-order valence-electron chi connectivity index (χ3n) is 3.80. The molecule has 1 heterocycles. The van der Waals surface area contributed by atoms with E-state index in [0.717, 1.165) is 31.3 Å². The molecule has 2 N–H and O–H groups in total. The molecule has 1 aromatic carbocycles. The molecule has 1 saturated heterocycles. The van der Waals surface area contributed by atoms with Crippen LogP contribution >= 0.6 is 0 Å². The van der Waals surface area contributed by atoms with Crippen molar-refractivity contribution in [3.63, 3.8) is 0 Å². The number of aliphatic carboxylic acids is 1. The van der Waals surface area contributed by atoms with Crippen molar-refractivity contribution in [2.75, 3.05) is 43.4 Å². The molecule has 1 fully saturated rings. The highest BCUT2D eigenvalue weighted by Crippen LogP contribution is 2.35. The second kappa shape index (κ2) is 7.56. The Hall–Kier alpha value is -2.55. The van der Waals surface area contributed by atoms with Crippen molar-refractivity contribution in [3.05, 3.63) is 35.9 Å². The Kier molecular flexibility index (Phi) is 5.68. The molecule has 0 saturated carbocycles. The maximum atomic E-state index is 13.0. The topological polar surface area (TPSA) is 72.9 Å². The second-order valence-electron chi connectivity index (χ2n) is 5.68. The Labute approximate surface area is 142 Å². The minimum Gasteiger partial charge on any atom is -0.478 e. The maximum Gasteiger partial charge on any atom is 0.416 e. The first-order chi connectivity index (χ1) is 11.7. The number of alkyl halides is 3. The van der Waals surface area contributed by atoms with Gasteiger partial charge in [-0.25, -0.2) is 4.79 Å². The summed E-state index contributed by atoms with van der Waals surface area (Å²) in [6, 6.07) is 3.15. The van der Waals surface area contributed by atoms with Gasteiger partial charge in [-0.05, 0) is 25.2 Å². The first kappa shape index (κ1) is 18.8. The smallest absolute Gasteiger partial charge is 0.416 e. The van der Waals surface area contributed by atoms with Crippen molar-refractivity contribution in [3.8, 4) is 0 Å². The van der Waals surface area contributed by atoms with Gasteiger partial charge in [0.2, 0.25) is 5.91 Å². The van der Waals surface area contributed by atoms with Gasteiger partial charge in [-0.3, -0.25) is 4.79 Å². The average molecular weight is 357 g/mol. The van der Waals surface area contributed by atoms with Crippen LogP contribution in [0, 0.1) is 0 Å². The van der Waals surface area contributed by atoms with E-state index in [2.05, 4.69) is 10.2 Å². The summed E-state index contributed by atoms with van der Waals surface area (Å²) < 4.78 is 38.9. The zero-order valence-electron chi connectivity index (χ0n) is 13.5. The number of anilines is 2. The number of likely N-dealkylation sites (N-methyl/N-ethyl adjacent to an activating group) is 1. The quantitative estimate of drug-likeness (QED) is 0.807. The zero-order chi connectivity index (χ0) is 18.6. The number of hydrogen-bond acceptors (Lipinski definition) is 4. The number of carbonyl (C=O) groups excluding carboxylic acids is 1. The van der Waals surface area contributed by atoms with E-state index in [9.17, 15) is 22.8 Å². The SMILES string of the molecule is CN1CCN(c2ccc(C(F)(F)F)cc2NC(=O)/C=C\C(=O)O)CC1. The summed E-state index contributed by atoms with van der Waals surface area (Å²) in [7, 11) is 1.95. The molecule has 0 radical (unpaired) electrons. The number of nitrogens with zero attached hydrogens (tertiary/aromatic N) is 2. The van der Waals surface area contributed by atoms with Crippen LogP contribution in [-0.4, -0.2) is 55.1 Å². The summed E-state index contributed by atoms with van der Waals surface area (Å²) >= 11 is 0. The minimum absolute atomic E-state index is 0.000540. The van der Waals surface area contributed by atoms with Gasteiger partial charge in [0.05, 0.1) is 16.9 Å². The van der Waals surface area contributed by atoms with Gasteiger partial charge in [-0.1, -0.05) is 0 Å². The van der Waals surface area contributed by atoms with Crippen molar-refractivity contribution >= 4 is 23.3 Å². The highest BCUT2D eigenvalue weighted by Gasteiger charge is 2.32. The summed E-state index contributed by atoms with van der Waals surface area (Å²) in [6.07, 6.45) is -3.16. The number of benzene rings is 1. The molecule has 9 heteroatoms. The number of carboxylic acids is 1. The summed E-state index contributed by atoms with van der Waals surface area (Å²) in [5, 5.41) is 10.9. The molecule has 1 aliphatic rings. The first-order valence-electron chi connectivity index (χ1n) is 7.53. The molecule has 25 heavy (non-hydrogen) atoms. The highest BCUT2D eigenvalue weighted by atomic mass is 19.4. The van der Waals surface area contributed by atoms with Gasteiger partial charge in [0.1, 0.15) is 0 Å². The number of hydrogen-bond donors (Lipinski definition) is 2. The predicted octanol–water partition coefficient (Wildman–Crippen LogP) is 2.04. The summed E-state index contributed by atoms with van der Waals surface area (Å²) in [5.74, 6) is -2.13. The lowest BCUT2D eigenvalue weighted by molar-refractivity contribution is -0.137. The molecule has 2 rings (SSSR count). The Morgan fingerprint density at radius 3 is 2.36 bits per heavy atom. The monoisotopic (exact) mass is 357 g/mol. The third-order valence-corrected chi connectivity index (χ3v) is 3.80. The first-order valence-corrected chi connectivity index (χ1v) is 7.53. The molecule has 0 bridgehead atoms. The van der Waals surface area contributed by atoms with Crippen LogP contribution in [0.3, 0.4) is 0 Å². The second-order valence-corrected chi connectivity index (χ2v) is 5.68. The van der Waals surface area contributed by atoms with E-state index in [0.29, 0.717) is 24.9 Å². The van der Waals surface area contributed by atoms with Crippen LogP contribution in [0.5, 0.6) is 0 Å². The van der Waals surface area contributed by atoms with Crippen molar-refractivity contribution < 1.29 is 27.9 Å². The van der Waals surface area contributed by atoms with Crippen molar-refractivity contribution in [1.29, 1.82) is 0 Å². The van der Waals surface area contributed by atoms with Gasteiger partial charge >= 0.3 is 12.1 Å². The Balaban J connectivity index is 2.31. The molecule has 0 aliphatic carbocycles. The number of amides is 1. The lowest BCUT2D eigenvalue weighted by atomic mass is 10.1. The van der Waals surface area contributed by atoms with Crippen molar-refractivity contribution in [2.24, 2.45) is 0 Å². The molecule has 1 aromatic rings. The average Bonchev–Trinajstić information content (AvgIpc) is 2.53. The highest BCUT2D eigenvalue weighted by molar-refractivity contribution is 6.04. The van der Waals surface area contributed by atoms with E-state index in [1.54, 1.807) is 0 Å². The van der Waals surface area contributed by atoms with Gasteiger partial charge in [-0.2, -0.15) is 13.2 Å². The van der Waals surface area contributed by atoms with E-state index in [-0.39, 0.29) is 5.69 Å². The Morgan fingerprint density at radius 2 is 1.80 bits per heavy atom. The molecule has 6 nitrogen and oxygen atoms in total. The number of rotatable bonds is 4. The summed E-state index contributed by atoms with van der Waals surface area (Å²) in [5.41, 5.74) is -0.416. The fourth-order valence-corrected chi connectivity index (χ4v) is 2.46. The molecular weight excluding hydrogens is 339 g/mol. The molecular formula is C16H18F3N3O3. The largest absolute Gasteiger partial charge is 0.478 e. The molecule has 0 aromatic heterocycles. The molecule has 1 amide bonds. The standard InChI is InChI=1S/C16H18F3N3O3/c1-21-6-8-22(9-7-21)13-3-2-11(16(17,18)19)10-12(13)20-14(23)4-5-15(24)25/h2-5,10H,6-9H2,1H3,(H,20,23)(H,24,25)/b5-4-. The summed E-state index contributed by atoms with van der Waals surface area (Å²) in [4.78, 5) is 26.2. The number of nitrogens with one attached hydrogen (secondary N) is 1. The number of piperazine rings is 1. The van der Waals surface area contributed by atoms with E-state index < -0.39 is 23.6 Å². The van der Waals surface area contributed by atoms with Crippen LogP contribution < -0.4 is 10.2 Å². The van der Waals surface area contributed by atoms with Gasteiger partial charge in [0.15, 0.2) is 0 Å². The van der Waals surface area contributed by atoms with Gasteiger partial charge in [-0.15, -0.1) is 0 Å². The Bertz CT molecular complexity index is 681. The Morgan fingerprint density at radius 1 is 1.16 bits per heavy atom. The van der Waals surface area contributed by atoms with Crippen LogP contribution in [0.2, 0.25) is 0 Å². The fraction of sp³-hybridized carbons (Fsp3) is 0.375. The lowest BCUT2D eigenvalue weighted by Gasteiger charge is -2.35. The van der Waals surface area contributed by atoms with Crippen LogP contribution in [0.4, 0.5) is 24.5 Å². The maximum absolute atomic E-state index is 13.0.